The van der Waals surface area contributed by atoms with Crippen LogP contribution < -0.4 is 0 Å². The molecule has 0 radical (unpaired) electrons. The van der Waals surface area contributed by atoms with Crippen molar-refractivity contribution in [1.82, 2.24) is 19.9 Å². The molecule has 0 bridgehead atoms. The summed E-state index contributed by atoms with van der Waals surface area (Å²) in [5.41, 5.74) is -0.748. The average molecular weight is 453 g/mol. The minimum Gasteiger partial charge on any atom is -0.358 e. The van der Waals surface area contributed by atoms with Gasteiger partial charge in [0.2, 0.25) is 0 Å². The molecule has 1 aromatic carbocycles. The number of nitrogens with one attached hydrogen (secondary N) is 2. The standard InChI is InChI=1S/C18H9BrF4N4O/c19-16-13(20)14-12(7-25-16)26-17(27-14)11-5-8(6-24-11)15(28)9-3-1-2-4-10(9)18(21,22)23/h1-7,24H,(H,26,27). The number of carbonyl (C=O) groups is 1. The summed E-state index contributed by atoms with van der Waals surface area (Å²) in [6, 6.07) is 5.92. The highest BCUT2D eigenvalue weighted by atomic mass is 79.9. The number of imidazole rings is 1. The zero-order chi connectivity index (χ0) is 20.1. The van der Waals surface area contributed by atoms with E-state index in [0.29, 0.717) is 11.2 Å². The van der Waals surface area contributed by atoms with E-state index in [1.807, 2.05) is 0 Å². The van der Waals surface area contributed by atoms with Gasteiger partial charge in [0.25, 0.3) is 0 Å². The van der Waals surface area contributed by atoms with Crippen molar-refractivity contribution >= 4 is 32.7 Å². The summed E-state index contributed by atoms with van der Waals surface area (Å²) >= 11 is 2.97. The number of aromatic nitrogens is 4. The maximum atomic E-state index is 14.1. The van der Waals surface area contributed by atoms with Crippen molar-refractivity contribution in [2.45, 2.75) is 6.18 Å². The molecule has 10 heteroatoms. The van der Waals surface area contributed by atoms with Crippen LogP contribution in [0.1, 0.15) is 21.5 Å². The van der Waals surface area contributed by atoms with Crippen LogP contribution in [0.3, 0.4) is 0 Å². The Hall–Kier alpha value is -3.01. The van der Waals surface area contributed by atoms with Crippen LogP contribution in [0.15, 0.2) is 47.3 Å². The SMILES string of the molecule is O=C(c1c[nH]c(-c2nc3c(F)c(Br)ncc3[nH]2)c1)c1ccccc1C(F)(F)F. The summed E-state index contributed by atoms with van der Waals surface area (Å²) in [4.78, 5) is 26.2. The maximum absolute atomic E-state index is 14.1. The molecule has 4 aromatic rings. The van der Waals surface area contributed by atoms with Gasteiger partial charge in [-0.15, -0.1) is 0 Å². The van der Waals surface area contributed by atoms with E-state index in [4.69, 9.17) is 0 Å². The van der Waals surface area contributed by atoms with E-state index in [2.05, 4.69) is 35.9 Å². The molecular formula is C18H9BrF4N4O. The van der Waals surface area contributed by atoms with Gasteiger partial charge in [0.1, 0.15) is 10.1 Å². The molecule has 0 spiro atoms. The lowest BCUT2D eigenvalue weighted by molar-refractivity contribution is -0.137. The van der Waals surface area contributed by atoms with Crippen molar-refractivity contribution in [3.05, 3.63) is 69.8 Å². The Labute approximate surface area is 163 Å². The molecule has 0 saturated heterocycles. The molecule has 0 atom stereocenters. The fraction of sp³-hybridized carbons (Fsp3) is 0.0556. The number of hydrogen-bond donors (Lipinski definition) is 2. The maximum Gasteiger partial charge on any atom is 0.417 e. The zero-order valence-electron chi connectivity index (χ0n) is 13.7. The molecule has 0 aliphatic carbocycles. The van der Waals surface area contributed by atoms with Gasteiger partial charge >= 0.3 is 6.18 Å². The number of aromatic amines is 2. The Balaban J connectivity index is 1.73. The molecule has 142 valence electrons. The molecule has 4 rings (SSSR count). The highest BCUT2D eigenvalue weighted by molar-refractivity contribution is 9.10. The molecule has 2 N–H and O–H groups in total. The topological polar surface area (TPSA) is 74.4 Å². The van der Waals surface area contributed by atoms with Gasteiger partial charge in [-0.2, -0.15) is 13.2 Å². The third-order valence-electron chi connectivity index (χ3n) is 4.11. The van der Waals surface area contributed by atoms with Gasteiger partial charge in [-0.25, -0.2) is 14.4 Å². The average Bonchev–Trinajstić information content (AvgIpc) is 3.31. The summed E-state index contributed by atoms with van der Waals surface area (Å²) in [6.07, 6.45) is -1.99. The van der Waals surface area contributed by atoms with Crippen LogP contribution in [0.4, 0.5) is 17.6 Å². The molecule has 0 unspecified atom stereocenters. The number of H-pyrrole nitrogens is 2. The van der Waals surface area contributed by atoms with E-state index >= 15 is 0 Å². The Bertz CT molecular complexity index is 1210. The van der Waals surface area contributed by atoms with Crippen LogP contribution in [-0.4, -0.2) is 25.7 Å². The number of pyridine rings is 1. The van der Waals surface area contributed by atoms with Crippen molar-refractivity contribution < 1.29 is 22.4 Å². The predicted molar refractivity (Wildman–Crippen MR) is 96.2 cm³/mol. The van der Waals surface area contributed by atoms with Crippen LogP contribution in [0.2, 0.25) is 0 Å². The molecule has 3 heterocycles. The van der Waals surface area contributed by atoms with Gasteiger partial charge in [0.15, 0.2) is 17.4 Å². The van der Waals surface area contributed by atoms with E-state index in [9.17, 15) is 22.4 Å². The van der Waals surface area contributed by atoms with E-state index in [-0.39, 0.29) is 21.5 Å². The summed E-state index contributed by atoms with van der Waals surface area (Å²) in [5, 5.41) is 0. The van der Waals surface area contributed by atoms with Gasteiger partial charge in [-0.05, 0) is 28.1 Å². The second-order valence-corrected chi connectivity index (χ2v) is 6.64. The number of fused-ring (bicyclic) bond motifs is 1. The van der Waals surface area contributed by atoms with Crippen molar-refractivity contribution in [2.24, 2.45) is 0 Å². The molecule has 5 nitrogen and oxygen atoms in total. The third kappa shape index (κ3) is 3.09. The minimum absolute atomic E-state index is 0.00385. The van der Waals surface area contributed by atoms with E-state index in [0.717, 1.165) is 12.1 Å². The first-order valence-corrected chi connectivity index (χ1v) is 8.64. The lowest BCUT2D eigenvalue weighted by atomic mass is 9.99. The number of nitrogens with zero attached hydrogens (tertiary/aromatic N) is 2. The van der Waals surface area contributed by atoms with E-state index in [1.54, 1.807) is 0 Å². The first-order valence-electron chi connectivity index (χ1n) is 7.85. The third-order valence-corrected chi connectivity index (χ3v) is 4.66. The van der Waals surface area contributed by atoms with Crippen LogP contribution in [0, 0.1) is 5.82 Å². The normalized spacial score (nSPS) is 11.9. The van der Waals surface area contributed by atoms with Crippen LogP contribution in [-0.2, 0) is 6.18 Å². The number of carbonyl (C=O) groups excluding carboxylic acids is 1. The van der Waals surface area contributed by atoms with Crippen molar-refractivity contribution in [3.8, 4) is 11.5 Å². The molecular weight excluding hydrogens is 444 g/mol. The summed E-state index contributed by atoms with van der Waals surface area (Å²) in [7, 11) is 0. The van der Waals surface area contributed by atoms with Crippen molar-refractivity contribution in [2.75, 3.05) is 0 Å². The second-order valence-electron chi connectivity index (χ2n) is 5.89. The quantitative estimate of drug-likeness (QED) is 0.258. The lowest BCUT2D eigenvalue weighted by Gasteiger charge is -2.10. The Morgan fingerprint density at radius 3 is 2.68 bits per heavy atom. The van der Waals surface area contributed by atoms with Gasteiger partial charge in [0.05, 0.1) is 23.0 Å². The largest absolute Gasteiger partial charge is 0.417 e. The summed E-state index contributed by atoms with van der Waals surface area (Å²) < 4.78 is 53.6. The van der Waals surface area contributed by atoms with Gasteiger partial charge in [-0.1, -0.05) is 18.2 Å². The van der Waals surface area contributed by atoms with E-state index in [1.165, 1.54) is 30.6 Å². The van der Waals surface area contributed by atoms with Crippen LogP contribution in [0.25, 0.3) is 22.6 Å². The molecule has 0 amide bonds. The predicted octanol–water partition coefficient (Wildman–Crippen LogP) is 5.10. The summed E-state index contributed by atoms with van der Waals surface area (Å²) in [6.45, 7) is 0. The van der Waals surface area contributed by atoms with Crippen LogP contribution in [0.5, 0.6) is 0 Å². The number of alkyl halides is 3. The summed E-state index contributed by atoms with van der Waals surface area (Å²) in [5.74, 6) is -1.22. The van der Waals surface area contributed by atoms with Crippen molar-refractivity contribution in [1.29, 1.82) is 0 Å². The van der Waals surface area contributed by atoms with Crippen LogP contribution >= 0.6 is 15.9 Å². The van der Waals surface area contributed by atoms with Gasteiger partial charge in [0, 0.05) is 17.3 Å². The number of ketones is 1. The van der Waals surface area contributed by atoms with Gasteiger partial charge in [-0.3, -0.25) is 4.79 Å². The Morgan fingerprint density at radius 1 is 1.18 bits per heavy atom. The molecule has 0 fully saturated rings. The Morgan fingerprint density at radius 2 is 1.93 bits per heavy atom. The molecule has 28 heavy (non-hydrogen) atoms. The zero-order valence-corrected chi connectivity index (χ0v) is 15.3. The molecule has 0 aliphatic rings. The monoisotopic (exact) mass is 452 g/mol. The van der Waals surface area contributed by atoms with Gasteiger partial charge < -0.3 is 9.97 Å². The number of hydrogen-bond acceptors (Lipinski definition) is 3. The highest BCUT2D eigenvalue weighted by Crippen LogP contribution is 2.33. The first-order chi connectivity index (χ1) is 13.3. The molecule has 0 aliphatic heterocycles. The fourth-order valence-corrected chi connectivity index (χ4v) is 3.09. The van der Waals surface area contributed by atoms with Crippen molar-refractivity contribution in [3.63, 3.8) is 0 Å². The fourth-order valence-electron chi connectivity index (χ4n) is 2.80. The molecule has 0 saturated carbocycles. The smallest absolute Gasteiger partial charge is 0.358 e. The second kappa shape index (κ2) is 6.55. The minimum atomic E-state index is -4.65. The van der Waals surface area contributed by atoms with E-state index < -0.39 is 28.9 Å². The Kier molecular flexibility index (Phi) is 4.30. The number of halogens is 5. The number of rotatable bonds is 3. The number of benzene rings is 1. The highest BCUT2D eigenvalue weighted by Gasteiger charge is 2.35. The first kappa shape index (κ1) is 18.4. The molecule has 3 aromatic heterocycles. The lowest BCUT2D eigenvalue weighted by Crippen LogP contribution is -2.13.